The zero-order chi connectivity index (χ0) is 35.1. The van der Waals surface area contributed by atoms with E-state index in [4.69, 9.17) is 15.0 Å². The van der Waals surface area contributed by atoms with Crippen molar-refractivity contribution in [3.8, 4) is 11.4 Å². The Labute approximate surface area is 327 Å². The standard InChI is InChI=1S/C27H36N2.C18H15P.2ClH.Ni/c1-18(2)22-11-9-12-23(19(3)4)26(22)28-15-16-29(17-28)27-24(20(5)6)13-10-14-25(27)21(7)8;1-4-10-16(11-5-1)19(17-12-6-2-7-13-17)18-14-8-3-9-15-18;;;/h9-16,18-21H,1-8H3;1-15H;2*1H;/p-1. The predicted octanol–water partition coefficient (Wildman–Crippen LogP) is 5.03. The van der Waals surface area contributed by atoms with E-state index in [0.29, 0.717) is 23.7 Å². The Balaban J connectivity index is 0.000000289. The van der Waals surface area contributed by atoms with Crippen LogP contribution in [0.1, 0.15) is 101 Å². The molecule has 0 atom stereocenters. The van der Waals surface area contributed by atoms with Gasteiger partial charge in [0.25, 0.3) is 0 Å². The van der Waals surface area contributed by atoms with Crippen molar-refractivity contribution in [2.75, 3.05) is 0 Å². The molecule has 0 fully saturated rings. The number of imidazole rings is 1. The average molecular weight is 781 g/mol. The van der Waals surface area contributed by atoms with E-state index in [0.717, 1.165) is 4.40 Å². The molecular formula is C45H52Cl2N2NiP-. The molecule has 0 aliphatic heterocycles. The molecule has 6 aromatic rings. The summed E-state index contributed by atoms with van der Waals surface area (Å²) in [5.41, 5.74) is 7.92. The van der Waals surface area contributed by atoms with Crippen LogP contribution in [0.25, 0.3) is 11.4 Å². The van der Waals surface area contributed by atoms with Gasteiger partial charge in [-0.3, -0.25) is 0 Å². The zero-order valence-corrected chi connectivity index (χ0v) is 34.6. The van der Waals surface area contributed by atoms with E-state index in [2.05, 4.69) is 204 Å². The zero-order valence-electron chi connectivity index (χ0n) is 31.1. The maximum atomic E-state index is 5.72. The van der Waals surface area contributed by atoms with Crippen molar-refractivity contribution in [2.24, 2.45) is 0 Å². The molecule has 0 saturated carbocycles. The molecule has 1 heterocycles. The Morgan fingerprint density at radius 1 is 0.392 bits per heavy atom. The minimum absolute atomic E-state index is 0. The third-order valence-electron chi connectivity index (χ3n) is 9.09. The van der Waals surface area contributed by atoms with Crippen LogP contribution in [-0.2, 0) is 15.0 Å². The smallest absolute Gasteiger partial charge is 0.102 e. The molecule has 5 aromatic carbocycles. The van der Waals surface area contributed by atoms with Gasteiger partial charge in [0.2, 0.25) is 0 Å². The second-order valence-electron chi connectivity index (χ2n) is 13.9. The van der Waals surface area contributed by atoms with Gasteiger partial charge in [-0.25, -0.2) is 0 Å². The fourth-order valence-corrected chi connectivity index (χ4v) is 9.52. The number of nitrogens with zero attached hydrogens (tertiary/aromatic N) is 2. The van der Waals surface area contributed by atoms with E-state index >= 15 is 0 Å². The van der Waals surface area contributed by atoms with Gasteiger partial charge in [-0.15, -0.1) is 0 Å². The molecule has 6 rings (SSSR count). The van der Waals surface area contributed by atoms with Crippen LogP contribution in [0, 0.1) is 4.40 Å². The van der Waals surface area contributed by atoms with E-state index in [1.807, 2.05) is 0 Å². The summed E-state index contributed by atoms with van der Waals surface area (Å²) in [6.45, 7) is 18.1. The van der Waals surface area contributed by atoms with E-state index in [-0.39, 0.29) is 24.8 Å². The fraction of sp³-hybridized carbons (Fsp3) is 0.267. The summed E-state index contributed by atoms with van der Waals surface area (Å²) in [5, 5.41) is 4.31. The summed E-state index contributed by atoms with van der Waals surface area (Å²) < 4.78 is 5.36. The molecule has 0 spiro atoms. The van der Waals surface area contributed by atoms with Crippen molar-refractivity contribution in [3.63, 3.8) is 0 Å². The number of benzene rings is 5. The molecule has 0 saturated heterocycles. The summed E-state index contributed by atoms with van der Waals surface area (Å²) in [6.07, 6.45) is 4.32. The minimum atomic E-state index is -0.877. The number of para-hydroxylation sites is 2. The van der Waals surface area contributed by atoms with E-state index in [1.165, 1.54) is 49.5 Å². The summed E-state index contributed by atoms with van der Waals surface area (Å²) in [7, 11) is -0.877. The number of aromatic nitrogens is 2. The number of hydrogen-bond donors (Lipinski definition) is 0. The molecule has 0 N–H and O–H groups in total. The van der Waals surface area contributed by atoms with Crippen LogP contribution in [0.4, 0.5) is 0 Å². The number of rotatable bonds is 9. The van der Waals surface area contributed by atoms with Gasteiger partial charge in [-0.1, -0.05) is 54.6 Å². The minimum Gasteiger partial charge on any atom is -1.00 e. The van der Waals surface area contributed by atoms with Gasteiger partial charge in [-0.2, -0.15) is 0 Å². The van der Waals surface area contributed by atoms with E-state index < -0.39 is 7.92 Å². The Morgan fingerprint density at radius 3 is 0.882 bits per heavy atom. The molecule has 2 nitrogen and oxygen atoms in total. The molecule has 272 valence electrons. The van der Waals surface area contributed by atoms with Crippen molar-refractivity contribution in [1.82, 2.24) is 9.13 Å². The molecular weight excluding hydrogens is 729 g/mol. The van der Waals surface area contributed by atoms with Crippen LogP contribution >= 0.6 is 7.92 Å². The summed E-state index contributed by atoms with van der Waals surface area (Å²) in [6, 6.07) is 45.9. The normalized spacial score (nSPS) is 11.0. The van der Waals surface area contributed by atoms with Crippen LogP contribution < -0.4 is 40.7 Å². The first-order chi connectivity index (χ1) is 23.6. The van der Waals surface area contributed by atoms with Crippen molar-refractivity contribution >= 4 is 23.8 Å². The SMILES string of the molecule is CC(C)c1cccc(C(C)C)c1-n1ccn(-c2c(C(C)C)cccc2C(C)C)[c]1=[Ni].[Cl-].[Cl-].c1ccc([PH+](c2ccccc2)c2ccccc2)cc1. The van der Waals surface area contributed by atoms with Crippen LogP contribution in [0.2, 0.25) is 0 Å². The average Bonchev–Trinajstić information content (AvgIpc) is 3.49. The molecule has 0 radical (unpaired) electrons. The molecule has 0 bridgehead atoms. The largest absolute Gasteiger partial charge is 1.00 e. The first-order valence-corrected chi connectivity index (χ1v) is 19.6. The quantitative estimate of drug-likeness (QED) is 0.144. The Bertz CT molecular complexity index is 1770. The van der Waals surface area contributed by atoms with E-state index in [9.17, 15) is 0 Å². The van der Waals surface area contributed by atoms with Crippen LogP contribution in [0.15, 0.2) is 140 Å². The van der Waals surface area contributed by atoms with Gasteiger partial charge < -0.3 is 24.8 Å². The predicted molar refractivity (Wildman–Crippen MR) is 211 cm³/mol. The first kappa shape index (κ1) is 42.2. The Hall–Kier alpha value is -3.19. The maximum absolute atomic E-state index is 5.72. The number of halogens is 2. The third kappa shape index (κ3) is 9.83. The molecule has 6 heteroatoms. The number of hydrogen-bond acceptors (Lipinski definition) is 0. The van der Waals surface area contributed by atoms with Crippen molar-refractivity contribution in [1.29, 1.82) is 0 Å². The van der Waals surface area contributed by atoms with Gasteiger partial charge in [0.05, 0.1) is 7.92 Å². The second-order valence-corrected chi connectivity index (χ2v) is 16.9. The van der Waals surface area contributed by atoms with E-state index in [1.54, 1.807) is 0 Å². The van der Waals surface area contributed by atoms with Crippen LogP contribution in [0.3, 0.4) is 0 Å². The molecule has 0 aliphatic carbocycles. The van der Waals surface area contributed by atoms with Gasteiger partial charge in [0.1, 0.15) is 15.9 Å². The second kappa shape index (κ2) is 19.6. The monoisotopic (exact) mass is 779 g/mol. The van der Waals surface area contributed by atoms with Gasteiger partial charge >= 0.3 is 190 Å². The molecule has 0 amide bonds. The van der Waals surface area contributed by atoms with Crippen molar-refractivity contribution < 1.29 is 39.8 Å². The third-order valence-corrected chi connectivity index (χ3v) is 12.3. The van der Waals surface area contributed by atoms with Crippen molar-refractivity contribution in [3.05, 3.63) is 166 Å². The fourth-order valence-electron chi connectivity index (χ4n) is 6.58. The van der Waals surface area contributed by atoms with Gasteiger partial charge in [0.15, 0.2) is 0 Å². The topological polar surface area (TPSA) is 9.86 Å². The Kier molecular flexibility index (Phi) is 16.2. The molecule has 51 heavy (non-hydrogen) atoms. The van der Waals surface area contributed by atoms with Crippen LogP contribution in [-0.4, -0.2) is 9.13 Å². The summed E-state index contributed by atoms with van der Waals surface area (Å²) >= 11 is 5.72. The van der Waals surface area contributed by atoms with Crippen molar-refractivity contribution in [2.45, 2.75) is 79.1 Å². The van der Waals surface area contributed by atoms with Crippen LogP contribution in [0.5, 0.6) is 0 Å². The van der Waals surface area contributed by atoms with Gasteiger partial charge in [-0.05, 0) is 36.4 Å². The first-order valence-electron chi connectivity index (χ1n) is 17.6. The molecule has 0 unspecified atom stereocenters. The maximum Gasteiger partial charge on any atom is 0.102 e. The molecule has 1 aromatic heterocycles. The van der Waals surface area contributed by atoms with Gasteiger partial charge in [0, 0.05) is 0 Å². The molecule has 0 aliphatic rings. The Morgan fingerprint density at radius 2 is 0.647 bits per heavy atom. The summed E-state index contributed by atoms with van der Waals surface area (Å²) in [5.74, 6) is 1.73. The summed E-state index contributed by atoms with van der Waals surface area (Å²) in [4.78, 5) is 0.